The summed E-state index contributed by atoms with van der Waals surface area (Å²) in [5.74, 6) is -1.33. The zero-order valence-electron chi connectivity index (χ0n) is 8.83. The lowest BCUT2D eigenvalue weighted by Gasteiger charge is -2.08. The number of carboxylic acids is 1. The number of halogens is 4. The topological polar surface area (TPSA) is 46.5 Å². The molecule has 0 aliphatic heterocycles. The monoisotopic (exact) mass is 300 g/mol. The summed E-state index contributed by atoms with van der Waals surface area (Å²) in [5.41, 5.74) is -4.45. The molecule has 1 aromatic rings. The number of hydrogen-bond donors (Lipinski definition) is 1. The Hall–Kier alpha value is -1.08. The normalized spacial score (nSPS) is 11.3. The summed E-state index contributed by atoms with van der Waals surface area (Å²) in [6.07, 6.45) is 0. The van der Waals surface area contributed by atoms with Crippen molar-refractivity contribution in [1.29, 1.82) is 0 Å². The van der Waals surface area contributed by atoms with Gasteiger partial charge in [-0.3, -0.25) is 0 Å². The number of ether oxygens (including phenoxy) is 1. The molecular weight excluding hydrogens is 293 g/mol. The van der Waals surface area contributed by atoms with Gasteiger partial charge >= 0.3 is 11.5 Å². The summed E-state index contributed by atoms with van der Waals surface area (Å²) in [6, 6.07) is 3.88. The standard InChI is InChI=1S/C10H8ClF3O3S/c11-8-2-1-6(5-7(8)9(15)16)17-3-4-18-10(12,13)14/h1-2,5H,3-4H2,(H,15,16). The Morgan fingerprint density at radius 1 is 1.44 bits per heavy atom. The highest BCUT2D eigenvalue weighted by Crippen LogP contribution is 2.30. The maximum absolute atomic E-state index is 11.8. The minimum atomic E-state index is -4.30. The predicted molar refractivity (Wildman–Crippen MR) is 62.4 cm³/mol. The number of alkyl halides is 3. The number of benzene rings is 1. The summed E-state index contributed by atoms with van der Waals surface area (Å²) in [5, 5.41) is 8.82. The first-order chi connectivity index (χ1) is 8.29. The number of aromatic carboxylic acids is 1. The van der Waals surface area contributed by atoms with Crippen LogP contribution in [0.5, 0.6) is 5.75 Å². The zero-order chi connectivity index (χ0) is 13.8. The van der Waals surface area contributed by atoms with Crippen LogP contribution < -0.4 is 4.74 Å². The van der Waals surface area contributed by atoms with E-state index in [9.17, 15) is 18.0 Å². The molecule has 100 valence electrons. The van der Waals surface area contributed by atoms with Gasteiger partial charge in [0.25, 0.3) is 0 Å². The third-order valence-electron chi connectivity index (χ3n) is 1.79. The fourth-order valence-electron chi connectivity index (χ4n) is 1.07. The van der Waals surface area contributed by atoms with Crippen LogP contribution in [0.15, 0.2) is 18.2 Å². The summed E-state index contributed by atoms with van der Waals surface area (Å²) in [7, 11) is 0. The van der Waals surface area contributed by atoms with Gasteiger partial charge in [0.1, 0.15) is 5.75 Å². The van der Waals surface area contributed by atoms with E-state index < -0.39 is 11.5 Å². The molecule has 0 amide bonds. The van der Waals surface area contributed by atoms with Gasteiger partial charge in [-0.25, -0.2) is 4.79 Å². The van der Waals surface area contributed by atoms with Crippen LogP contribution in [0, 0.1) is 0 Å². The van der Waals surface area contributed by atoms with Gasteiger partial charge < -0.3 is 9.84 Å². The summed E-state index contributed by atoms with van der Waals surface area (Å²) >= 11 is 5.42. The fraction of sp³-hybridized carbons (Fsp3) is 0.300. The average molecular weight is 301 g/mol. The van der Waals surface area contributed by atoms with E-state index in [1.54, 1.807) is 0 Å². The summed E-state index contributed by atoms with van der Waals surface area (Å²) in [6.45, 7) is -0.176. The van der Waals surface area contributed by atoms with Crippen molar-refractivity contribution < 1.29 is 27.8 Å². The Labute approximate surface area is 110 Å². The Morgan fingerprint density at radius 2 is 2.11 bits per heavy atom. The highest BCUT2D eigenvalue weighted by molar-refractivity contribution is 8.00. The lowest BCUT2D eigenvalue weighted by molar-refractivity contribution is -0.0329. The van der Waals surface area contributed by atoms with Gasteiger partial charge in [0.15, 0.2) is 0 Å². The van der Waals surface area contributed by atoms with Crippen LogP contribution in [0.2, 0.25) is 5.02 Å². The van der Waals surface area contributed by atoms with Gasteiger partial charge in [0.2, 0.25) is 0 Å². The molecule has 8 heteroatoms. The van der Waals surface area contributed by atoms with Gasteiger partial charge in [0, 0.05) is 5.75 Å². The van der Waals surface area contributed by atoms with Crippen molar-refractivity contribution in [3.05, 3.63) is 28.8 Å². The SMILES string of the molecule is O=C(O)c1cc(OCCSC(F)(F)F)ccc1Cl. The zero-order valence-corrected chi connectivity index (χ0v) is 10.4. The van der Waals surface area contributed by atoms with Crippen molar-refractivity contribution in [2.45, 2.75) is 5.51 Å². The quantitative estimate of drug-likeness (QED) is 0.843. The van der Waals surface area contributed by atoms with Crippen molar-refractivity contribution in [1.82, 2.24) is 0 Å². The molecular formula is C10H8ClF3O3S. The smallest absolute Gasteiger partial charge is 0.441 e. The molecule has 0 fully saturated rings. The number of rotatable bonds is 5. The van der Waals surface area contributed by atoms with Crippen LogP contribution in [-0.4, -0.2) is 28.9 Å². The van der Waals surface area contributed by atoms with E-state index in [4.69, 9.17) is 21.4 Å². The second kappa shape index (κ2) is 6.19. The first-order valence-electron chi connectivity index (χ1n) is 4.66. The summed E-state index contributed by atoms with van der Waals surface area (Å²) in [4.78, 5) is 10.7. The van der Waals surface area contributed by atoms with Crippen LogP contribution in [0.4, 0.5) is 13.2 Å². The molecule has 3 nitrogen and oxygen atoms in total. The van der Waals surface area contributed by atoms with Gasteiger partial charge in [-0.2, -0.15) is 13.2 Å². The molecule has 1 aromatic carbocycles. The van der Waals surface area contributed by atoms with Crippen molar-refractivity contribution in [3.63, 3.8) is 0 Å². The van der Waals surface area contributed by atoms with E-state index in [2.05, 4.69) is 0 Å². The Bertz CT molecular complexity index is 437. The minimum absolute atomic E-state index is 0.0412. The van der Waals surface area contributed by atoms with Crippen LogP contribution in [0.1, 0.15) is 10.4 Å². The van der Waals surface area contributed by atoms with Gasteiger partial charge in [0.05, 0.1) is 17.2 Å². The molecule has 0 bridgehead atoms. The molecule has 0 atom stereocenters. The predicted octanol–water partition coefficient (Wildman–Crippen LogP) is 3.67. The van der Waals surface area contributed by atoms with E-state index in [-0.39, 0.29) is 40.5 Å². The molecule has 0 aromatic heterocycles. The lowest BCUT2D eigenvalue weighted by atomic mass is 10.2. The van der Waals surface area contributed by atoms with Gasteiger partial charge in [-0.05, 0) is 30.0 Å². The van der Waals surface area contributed by atoms with Crippen LogP contribution in [0.25, 0.3) is 0 Å². The van der Waals surface area contributed by atoms with E-state index in [0.717, 1.165) is 0 Å². The Kier molecular flexibility index (Phi) is 5.15. The lowest BCUT2D eigenvalue weighted by Crippen LogP contribution is -2.08. The van der Waals surface area contributed by atoms with E-state index in [1.165, 1.54) is 18.2 Å². The van der Waals surface area contributed by atoms with E-state index in [1.807, 2.05) is 0 Å². The van der Waals surface area contributed by atoms with Gasteiger partial charge in [-0.1, -0.05) is 11.6 Å². The van der Waals surface area contributed by atoms with Crippen LogP contribution in [-0.2, 0) is 0 Å². The van der Waals surface area contributed by atoms with Gasteiger partial charge in [-0.15, -0.1) is 0 Å². The molecule has 0 aliphatic rings. The van der Waals surface area contributed by atoms with Crippen molar-refractivity contribution in [2.24, 2.45) is 0 Å². The minimum Gasteiger partial charge on any atom is -0.493 e. The largest absolute Gasteiger partial charge is 0.493 e. The molecule has 0 saturated carbocycles. The second-order valence-corrected chi connectivity index (χ2v) is 4.66. The highest BCUT2D eigenvalue weighted by atomic mass is 35.5. The third-order valence-corrected chi connectivity index (χ3v) is 2.81. The van der Waals surface area contributed by atoms with Crippen LogP contribution >= 0.6 is 23.4 Å². The van der Waals surface area contributed by atoms with Crippen LogP contribution in [0.3, 0.4) is 0 Å². The molecule has 0 saturated heterocycles. The van der Waals surface area contributed by atoms with E-state index >= 15 is 0 Å². The second-order valence-electron chi connectivity index (χ2n) is 3.09. The number of hydrogen-bond acceptors (Lipinski definition) is 3. The molecule has 0 spiro atoms. The molecule has 1 N–H and O–H groups in total. The first-order valence-corrected chi connectivity index (χ1v) is 6.02. The fourth-order valence-corrected chi connectivity index (χ4v) is 1.67. The van der Waals surface area contributed by atoms with Crippen molar-refractivity contribution in [2.75, 3.05) is 12.4 Å². The average Bonchev–Trinajstić information content (AvgIpc) is 2.24. The number of thioether (sulfide) groups is 1. The number of carbonyl (C=O) groups is 1. The molecule has 18 heavy (non-hydrogen) atoms. The molecule has 0 unspecified atom stereocenters. The maximum atomic E-state index is 11.8. The first kappa shape index (κ1) is 15.0. The molecule has 0 heterocycles. The third kappa shape index (κ3) is 5.05. The Balaban J connectivity index is 2.53. The maximum Gasteiger partial charge on any atom is 0.441 e. The molecule has 1 rings (SSSR count). The van der Waals surface area contributed by atoms with Crippen molar-refractivity contribution >= 4 is 29.3 Å². The molecule has 0 aliphatic carbocycles. The highest BCUT2D eigenvalue weighted by Gasteiger charge is 2.27. The number of carboxylic acid groups (broad SMARTS) is 1. The van der Waals surface area contributed by atoms with Crippen molar-refractivity contribution in [3.8, 4) is 5.75 Å². The summed E-state index contributed by atoms with van der Waals surface area (Å²) < 4.78 is 40.5. The Morgan fingerprint density at radius 3 is 2.67 bits per heavy atom. The molecule has 0 radical (unpaired) electrons. The van der Waals surface area contributed by atoms with E-state index in [0.29, 0.717) is 0 Å².